The van der Waals surface area contributed by atoms with Crippen molar-refractivity contribution in [2.75, 3.05) is 14.2 Å². The molecule has 3 rings (SSSR count). The van der Waals surface area contributed by atoms with Gasteiger partial charge in [-0.05, 0) is 40.6 Å². The second kappa shape index (κ2) is 11.4. The fraction of sp³-hybridized carbons (Fsp3) is 0.261. The molecule has 1 aromatic heterocycles. The van der Waals surface area contributed by atoms with Crippen molar-refractivity contribution in [1.29, 1.82) is 0 Å². The summed E-state index contributed by atoms with van der Waals surface area (Å²) in [6, 6.07) is 14.5. The number of esters is 2. The average Bonchev–Trinajstić information content (AvgIpc) is 3.29. The van der Waals surface area contributed by atoms with Gasteiger partial charge in [0, 0.05) is 5.57 Å². The van der Waals surface area contributed by atoms with E-state index in [-0.39, 0.29) is 31.0 Å². The molecule has 0 unspecified atom stereocenters. The van der Waals surface area contributed by atoms with E-state index in [2.05, 4.69) is 22.0 Å². The molecule has 3 aromatic rings. The summed E-state index contributed by atoms with van der Waals surface area (Å²) in [4.78, 5) is 25.5. The number of nitrogens with zero attached hydrogens (tertiary/aromatic N) is 4. The number of methoxy groups -OCH3 is 2. The van der Waals surface area contributed by atoms with Crippen molar-refractivity contribution in [2.45, 2.75) is 26.2 Å². The lowest BCUT2D eigenvalue weighted by molar-refractivity contribution is -0.147. The van der Waals surface area contributed by atoms with E-state index >= 15 is 0 Å². The monoisotopic (exact) mass is 452 g/mol. The maximum atomic E-state index is 12.1. The molecule has 10 heteroatoms. The molecule has 0 N–H and O–H groups in total. The maximum absolute atomic E-state index is 12.1. The van der Waals surface area contributed by atoms with Crippen molar-refractivity contribution >= 4 is 11.9 Å². The highest BCUT2D eigenvalue weighted by Crippen LogP contribution is 2.13. The molecule has 0 aliphatic rings. The Labute approximate surface area is 190 Å². The summed E-state index contributed by atoms with van der Waals surface area (Å²) in [6.07, 6.45) is -0.285. The van der Waals surface area contributed by atoms with E-state index in [0.717, 1.165) is 16.9 Å². The highest BCUT2D eigenvalue weighted by molar-refractivity contribution is 5.93. The molecule has 2 aromatic carbocycles. The first kappa shape index (κ1) is 23.5. The SMILES string of the molecule is C=C(CC(=O)OCc1ccc(OC)cc1)C(=O)OCc1nnn(Cc2ccc(OC)cc2)n1. The van der Waals surface area contributed by atoms with Gasteiger partial charge in [0.25, 0.3) is 0 Å². The molecule has 0 radical (unpaired) electrons. The lowest BCUT2D eigenvalue weighted by Crippen LogP contribution is -2.13. The van der Waals surface area contributed by atoms with Crippen LogP contribution in [0.2, 0.25) is 0 Å². The van der Waals surface area contributed by atoms with Crippen molar-refractivity contribution in [3.8, 4) is 11.5 Å². The first-order valence-corrected chi connectivity index (χ1v) is 10.00. The Morgan fingerprint density at radius 2 is 1.48 bits per heavy atom. The third kappa shape index (κ3) is 7.17. The predicted molar refractivity (Wildman–Crippen MR) is 116 cm³/mol. The van der Waals surface area contributed by atoms with Gasteiger partial charge in [0.2, 0.25) is 5.82 Å². The minimum Gasteiger partial charge on any atom is -0.497 e. The quantitative estimate of drug-likeness (QED) is 0.320. The van der Waals surface area contributed by atoms with Gasteiger partial charge in [-0.25, -0.2) is 4.79 Å². The number of benzene rings is 2. The molecule has 1 heterocycles. The van der Waals surface area contributed by atoms with Crippen LogP contribution in [0, 0.1) is 0 Å². The number of hydrogen-bond acceptors (Lipinski definition) is 9. The smallest absolute Gasteiger partial charge is 0.334 e. The first-order chi connectivity index (χ1) is 16.0. The molecule has 0 fully saturated rings. The topological polar surface area (TPSA) is 115 Å². The normalized spacial score (nSPS) is 10.4. The summed E-state index contributed by atoms with van der Waals surface area (Å²) in [5.41, 5.74) is 1.72. The van der Waals surface area contributed by atoms with Crippen LogP contribution >= 0.6 is 0 Å². The Morgan fingerprint density at radius 1 is 0.879 bits per heavy atom. The number of tetrazole rings is 1. The van der Waals surface area contributed by atoms with Gasteiger partial charge < -0.3 is 18.9 Å². The summed E-state index contributed by atoms with van der Waals surface area (Å²) in [6.45, 7) is 3.88. The number of aromatic nitrogens is 4. The molecule has 0 amide bonds. The minimum atomic E-state index is -0.733. The van der Waals surface area contributed by atoms with Crippen molar-refractivity contribution in [1.82, 2.24) is 20.2 Å². The lowest BCUT2D eigenvalue weighted by atomic mass is 10.2. The second-order valence-corrected chi connectivity index (χ2v) is 6.95. The molecular formula is C23H24N4O6. The van der Waals surface area contributed by atoms with E-state index in [0.29, 0.717) is 12.3 Å². The van der Waals surface area contributed by atoms with Crippen molar-refractivity contribution < 1.29 is 28.5 Å². The van der Waals surface area contributed by atoms with Gasteiger partial charge in [-0.1, -0.05) is 30.8 Å². The van der Waals surface area contributed by atoms with Gasteiger partial charge >= 0.3 is 11.9 Å². The molecule has 0 spiro atoms. The van der Waals surface area contributed by atoms with Crippen LogP contribution in [0.25, 0.3) is 0 Å². The summed E-state index contributed by atoms with van der Waals surface area (Å²) >= 11 is 0. The number of carbonyl (C=O) groups excluding carboxylic acids is 2. The number of ether oxygens (including phenoxy) is 4. The third-order valence-electron chi connectivity index (χ3n) is 4.51. The second-order valence-electron chi connectivity index (χ2n) is 6.95. The van der Waals surface area contributed by atoms with E-state index in [9.17, 15) is 9.59 Å². The number of rotatable bonds is 11. The van der Waals surface area contributed by atoms with Gasteiger partial charge in [-0.15, -0.1) is 10.2 Å². The first-order valence-electron chi connectivity index (χ1n) is 10.00. The van der Waals surface area contributed by atoms with Crippen LogP contribution < -0.4 is 9.47 Å². The van der Waals surface area contributed by atoms with E-state index in [4.69, 9.17) is 18.9 Å². The third-order valence-corrected chi connectivity index (χ3v) is 4.51. The maximum Gasteiger partial charge on any atom is 0.334 e. The fourth-order valence-electron chi connectivity index (χ4n) is 2.71. The minimum absolute atomic E-state index is 0.0274. The molecule has 10 nitrogen and oxygen atoms in total. The molecule has 172 valence electrons. The van der Waals surface area contributed by atoms with E-state index < -0.39 is 11.9 Å². The molecule has 0 bridgehead atoms. The van der Waals surface area contributed by atoms with Crippen LogP contribution in [0.4, 0.5) is 0 Å². The zero-order chi connectivity index (χ0) is 23.6. The van der Waals surface area contributed by atoms with E-state index in [1.165, 1.54) is 4.80 Å². The van der Waals surface area contributed by atoms with Crippen LogP contribution in [0.3, 0.4) is 0 Å². The summed E-state index contributed by atoms with van der Waals surface area (Å²) in [5, 5.41) is 12.0. The largest absolute Gasteiger partial charge is 0.497 e. The Balaban J connectivity index is 1.40. The van der Waals surface area contributed by atoms with Gasteiger partial charge in [-0.2, -0.15) is 4.80 Å². The van der Waals surface area contributed by atoms with Gasteiger partial charge in [0.05, 0.1) is 27.2 Å². The zero-order valence-corrected chi connectivity index (χ0v) is 18.4. The Morgan fingerprint density at radius 3 is 2.09 bits per heavy atom. The van der Waals surface area contributed by atoms with E-state index in [1.807, 2.05) is 24.3 Å². The Kier molecular flexibility index (Phi) is 8.12. The molecule has 0 saturated carbocycles. The fourth-order valence-corrected chi connectivity index (χ4v) is 2.71. The Bertz CT molecular complexity index is 1090. The van der Waals surface area contributed by atoms with Crippen molar-refractivity contribution in [2.24, 2.45) is 0 Å². The van der Waals surface area contributed by atoms with Gasteiger partial charge in [0.15, 0.2) is 6.61 Å². The van der Waals surface area contributed by atoms with Gasteiger partial charge in [0.1, 0.15) is 18.1 Å². The predicted octanol–water partition coefficient (Wildman–Crippen LogP) is 2.47. The highest BCUT2D eigenvalue weighted by Gasteiger charge is 2.16. The molecular weight excluding hydrogens is 428 g/mol. The standard InChI is InChI=1S/C23H24N4O6/c1-16(12-22(28)32-14-18-6-10-20(31-3)11-7-18)23(29)33-15-21-24-26-27(25-21)13-17-4-8-19(30-2)9-5-17/h4-11H,1,12-15H2,2-3H3. The van der Waals surface area contributed by atoms with Crippen LogP contribution in [0.5, 0.6) is 11.5 Å². The van der Waals surface area contributed by atoms with Crippen LogP contribution in [-0.2, 0) is 38.8 Å². The van der Waals surface area contributed by atoms with E-state index in [1.54, 1.807) is 38.5 Å². The molecule has 33 heavy (non-hydrogen) atoms. The molecule has 0 saturated heterocycles. The highest BCUT2D eigenvalue weighted by atomic mass is 16.5. The number of carbonyl (C=O) groups is 2. The summed E-state index contributed by atoms with van der Waals surface area (Å²) in [7, 11) is 3.17. The van der Waals surface area contributed by atoms with Crippen LogP contribution in [0.15, 0.2) is 60.7 Å². The molecule has 0 aliphatic heterocycles. The summed E-state index contributed by atoms with van der Waals surface area (Å²) in [5.74, 6) is 0.366. The molecule has 0 aliphatic carbocycles. The molecule has 0 atom stereocenters. The van der Waals surface area contributed by atoms with Crippen molar-refractivity contribution in [3.63, 3.8) is 0 Å². The van der Waals surface area contributed by atoms with Crippen molar-refractivity contribution in [3.05, 3.63) is 77.6 Å². The lowest BCUT2D eigenvalue weighted by Gasteiger charge is -2.07. The average molecular weight is 452 g/mol. The Hall–Kier alpha value is -4.21. The van der Waals surface area contributed by atoms with Crippen LogP contribution in [0.1, 0.15) is 23.4 Å². The zero-order valence-electron chi connectivity index (χ0n) is 18.4. The van der Waals surface area contributed by atoms with Gasteiger partial charge in [-0.3, -0.25) is 4.79 Å². The summed E-state index contributed by atoms with van der Waals surface area (Å²) < 4.78 is 20.5. The number of hydrogen-bond donors (Lipinski definition) is 0. The van der Waals surface area contributed by atoms with Crippen LogP contribution in [-0.4, -0.2) is 46.4 Å².